The molecule has 2 aromatic rings. The van der Waals surface area contributed by atoms with E-state index in [1.54, 1.807) is 6.20 Å². The van der Waals surface area contributed by atoms with Crippen molar-refractivity contribution in [2.75, 3.05) is 13.1 Å². The van der Waals surface area contributed by atoms with Gasteiger partial charge in [0.15, 0.2) is 0 Å². The van der Waals surface area contributed by atoms with Gasteiger partial charge >= 0.3 is 0 Å². The predicted molar refractivity (Wildman–Crippen MR) is 101 cm³/mol. The standard InChI is InChI=1S/C20H29N5O/c1-5-25-18(8-9-23-25)17-13-21-16(12-22-17)11-15-7-6-10-24(14-15)19(26)20(2,3)4/h8-9,12-13,15H,5-7,10-11,14H2,1-4H3/t15-/m1/s1. The number of nitrogens with zero attached hydrogens (tertiary/aromatic N) is 5. The summed E-state index contributed by atoms with van der Waals surface area (Å²) in [5, 5.41) is 4.28. The van der Waals surface area contributed by atoms with Crippen LogP contribution >= 0.6 is 0 Å². The molecule has 3 heterocycles. The van der Waals surface area contributed by atoms with Gasteiger partial charge in [-0.2, -0.15) is 5.10 Å². The van der Waals surface area contributed by atoms with Crippen LogP contribution in [0.2, 0.25) is 0 Å². The summed E-state index contributed by atoms with van der Waals surface area (Å²) >= 11 is 0. The van der Waals surface area contributed by atoms with Gasteiger partial charge in [0, 0.05) is 37.4 Å². The Bertz CT molecular complexity index is 744. The van der Waals surface area contributed by atoms with Gasteiger partial charge in [0.05, 0.1) is 17.6 Å². The molecule has 26 heavy (non-hydrogen) atoms. The van der Waals surface area contributed by atoms with Crippen molar-refractivity contribution in [3.05, 3.63) is 30.4 Å². The van der Waals surface area contributed by atoms with Crippen LogP contribution in [0.1, 0.15) is 46.2 Å². The van der Waals surface area contributed by atoms with Crippen LogP contribution in [-0.4, -0.2) is 43.6 Å². The molecular weight excluding hydrogens is 326 g/mol. The van der Waals surface area contributed by atoms with Crippen LogP contribution in [-0.2, 0) is 17.8 Å². The van der Waals surface area contributed by atoms with Crippen LogP contribution in [0, 0.1) is 11.3 Å². The number of aromatic nitrogens is 4. The number of hydrogen-bond donors (Lipinski definition) is 0. The number of carbonyl (C=O) groups excluding carboxylic acids is 1. The fourth-order valence-electron chi connectivity index (χ4n) is 3.58. The highest BCUT2D eigenvalue weighted by molar-refractivity contribution is 5.81. The molecule has 0 saturated carbocycles. The second-order valence-electron chi connectivity index (χ2n) is 8.14. The van der Waals surface area contributed by atoms with Crippen LogP contribution in [0.25, 0.3) is 11.4 Å². The molecule has 0 unspecified atom stereocenters. The highest BCUT2D eigenvalue weighted by Crippen LogP contribution is 2.25. The molecule has 0 spiro atoms. The number of likely N-dealkylation sites (tertiary alicyclic amines) is 1. The fraction of sp³-hybridized carbons (Fsp3) is 0.600. The Morgan fingerprint density at radius 1 is 1.27 bits per heavy atom. The first-order valence-electron chi connectivity index (χ1n) is 9.51. The Morgan fingerprint density at radius 3 is 2.73 bits per heavy atom. The minimum Gasteiger partial charge on any atom is -0.342 e. The number of aryl methyl sites for hydroxylation is 1. The minimum absolute atomic E-state index is 0.247. The lowest BCUT2D eigenvalue weighted by atomic mass is 9.89. The molecular formula is C20H29N5O. The zero-order valence-corrected chi connectivity index (χ0v) is 16.3. The maximum atomic E-state index is 12.5. The quantitative estimate of drug-likeness (QED) is 0.845. The van der Waals surface area contributed by atoms with Crippen LogP contribution in [0.5, 0.6) is 0 Å². The van der Waals surface area contributed by atoms with Crippen LogP contribution in [0.3, 0.4) is 0 Å². The molecule has 1 fully saturated rings. The average molecular weight is 355 g/mol. The maximum Gasteiger partial charge on any atom is 0.227 e. The van der Waals surface area contributed by atoms with Crippen molar-refractivity contribution < 1.29 is 4.79 Å². The molecule has 0 bridgehead atoms. The predicted octanol–water partition coefficient (Wildman–Crippen LogP) is 3.19. The smallest absolute Gasteiger partial charge is 0.227 e. The number of carbonyl (C=O) groups is 1. The summed E-state index contributed by atoms with van der Waals surface area (Å²) in [6.07, 6.45) is 8.56. The van der Waals surface area contributed by atoms with Gasteiger partial charge in [-0.15, -0.1) is 0 Å². The van der Waals surface area contributed by atoms with Crippen molar-refractivity contribution >= 4 is 5.91 Å². The number of hydrogen-bond acceptors (Lipinski definition) is 4. The number of rotatable bonds is 4. The van der Waals surface area contributed by atoms with Crippen molar-refractivity contribution in [2.24, 2.45) is 11.3 Å². The molecule has 6 heteroatoms. The molecule has 2 aromatic heterocycles. The van der Waals surface area contributed by atoms with E-state index in [9.17, 15) is 4.79 Å². The highest BCUT2D eigenvalue weighted by atomic mass is 16.2. The maximum absolute atomic E-state index is 12.5. The lowest BCUT2D eigenvalue weighted by Crippen LogP contribution is -2.45. The van der Waals surface area contributed by atoms with Gasteiger partial charge in [-0.05, 0) is 38.2 Å². The van der Waals surface area contributed by atoms with Crippen LogP contribution in [0.15, 0.2) is 24.7 Å². The fourth-order valence-corrected chi connectivity index (χ4v) is 3.58. The first-order chi connectivity index (χ1) is 12.4. The average Bonchev–Trinajstić information content (AvgIpc) is 3.10. The van der Waals surface area contributed by atoms with E-state index in [4.69, 9.17) is 0 Å². The van der Waals surface area contributed by atoms with E-state index < -0.39 is 0 Å². The molecule has 0 aromatic carbocycles. The molecule has 0 radical (unpaired) electrons. The van der Waals surface area contributed by atoms with Gasteiger partial charge in [0.1, 0.15) is 5.69 Å². The molecule has 1 aliphatic rings. The Hall–Kier alpha value is -2.24. The topological polar surface area (TPSA) is 63.9 Å². The van der Waals surface area contributed by atoms with Crippen molar-refractivity contribution in [3.63, 3.8) is 0 Å². The van der Waals surface area contributed by atoms with Crippen molar-refractivity contribution in [3.8, 4) is 11.4 Å². The van der Waals surface area contributed by atoms with E-state index in [1.165, 1.54) is 0 Å². The Morgan fingerprint density at radius 2 is 2.08 bits per heavy atom. The molecule has 0 aliphatic carbocycles. The third kappa shape index (κ3) is 4.11. The molecule has 1 saturated heterocycles. The third-order valence-corrected chi connectivity index (χ3v) is 4.93. The van der Waals surface area contributed by atoms with E-state index in [-0.39, 0.29) is 11.3 Å². The van der Waals surface area contributed by atoms with E-state index in [0.717, 1.165) is 56.0 Å². The first-order valence-corrected chi connectivity index (χ1v) is 9.51. The van der Waals surface area contributed by atoms with Crippen molar-refractivity contribution in [2.45, 2.75) is 53.5 Å². The van der Waals surface area contributed by atoms with E-state index >= 15 is 0 Å². The first kappa shape index (κ1) is 18.5. The van der Waals surface area contributed by atoms with E-state index in [0.29, 0.717) is 5.92 Å². The van der Waals surface area contributed by atoms with Gasteiger partial charge < -0.3 is 4.90 Å². The molecule has 6 nitrogen and oxygen atoms in total. The number of amides is 1. The van der Waals surface area contributed by atoms with Gasteiger partial charge in [-0.25, -0.2) is 0 Å². The lowest BCUT2D eigenvalue weighted by molar-refractivity contribution is -0.141. The summed E-state index contributed by atoms with van der Waals surface area (Å²) in [6, 6.07) is 1.96. The molecule has 1 atom stereocenters. The Balaban J connectivity index is 1.65. The van der Waals surface area contributed by atoms with Gasteiger partial charge in [0.25, 0.3) is 0 Å². The molecule has 0 N–H and O–H groups in total. The summed E-state index contributed by atoms with van der Waals surface area (Å²) in [5.41, 5.74) is 2.52. The second kappa shape index (κ2) is 7.56. The van der Waals surface area contributed by atoms with Crippen LogP contribution in [0.4, 0.5) is 0 Å². The zero-order valence-electron chi connectivity index (χ0n) is 16.3. The molecule has 140 valence electrons. The SMILES string of the molecule is CCn1nccc1-c1cnc(C[C@H]2CCCN(C(=O)C(C)(C)C)C2)cn1. The molecule has 1 aliphatic heterocycles. The monoisotopic (exact) mass is 355 g/mol. The van der Waals surface area contributed by atoms with Gasteiger partial charge in [0.2, 0.25) is 5.91 Å². The van der Waals surface area contributed by atoms with E-state index in [1.807, 2.05) is 48.8 Å². The summed E-state index contributed by atoms with van der Waals surface area (Å²) in [6.45, 7) is 10.5. The van der Waals surface area contributed by atoms with Crippen molar-refractivity contribution in [1.82, 2.24) is 24.6 Å². The molecule has 3 rings (SSSR count). The Kier molecular flexibility index (Phi) is 5.39. The molecule has 1 amide bonds. The van der Waals surface area contributed by atoms with Gasteiger partial charge in [-0.3, -0.25) is 19.4 Å². The highest BCUT2D eigenvalue weighted by Gasteiger charge is 2.31. The van der Waals surface area contributed by atoms with Crippen molar-refractivity contribution in [1.29, 1.82) is 0 Å². The second-order valence-corrected chi connectivity index (χ2v) is 8.14. The summed E-state index contributed by atoms with van der Waals surface area (Å²) in [5.74, 6) is 0.702. The zero-order chi connectivity index (χ0) is 18.7. The number of piperidine rings is 1. The minimum atomic E-state index is -0.314. The third-order valence-electron chi connectivity index (χ3n) is 4.93. The summed E-state index contributed by atoms with van der Waals surface area (Å²) in [7, 11) is 0. The lowest BCUT2D eigenvalue weighted by Gasteiger charge is -2.36. The summed E-state index contributed by atoms with van der Waals surface area (Å²) in [4.78, 5) is 23.8. The van der Waals surface area contributed by atoms with E-state index in [2.05, 4.69) is 22.0 Å². The summed E-state index contributed by atoms with van der Waals surface area (Å²) < 4.78 is 1.92. The van der Waals surface area contributed by atoms with Gasteiger partial charge in [-0.1, -0.05) is 20.8 Å². The largest absolute Gasteiger partial charge is 0.342 e. The van der Waals surface area contributed by atoms with Crippen LogP contribution < -0.4 is 0 Å². The normalized spacial score (nSPS) is 18.2. The Labute approximate surface area is 155 Å².